The lowest BCUT2D eigenvalue weighted by Gasteiger charge is -2.41. The van der Waals surface area contributed by atoms with E-state index in [9.17, 15) is 19.2 Å². The molecule has 0 amide bonds. The van der Waals surface area contributed by atoms with E-state index < -0.39 is 23.9 Å². The van der Waals surface area contributed by atoms with Crippen LogP contribution in [0.15, 0.2) is 12.2 Å². The van der Waals surface area contributed by atoms with Crippen LogP contribution in [0.1, 0.15) is 34.1 Å². The van der Waals surface area contributed by atoms with E-state index in [0.29, 0.717) is 0 Å². The second-order valence-corrected chi connectivity index (χ2v) is 7.96. The van der Waals surface area contributed by atoms with Crippen LogP contribution < -0.4 is 0 Å². The van der Waals surface area contributed by atoms with Crippen molar-refractivity contribution >= 4 is 23.9 Å². The van der Waals surface area contributed by atoms with Crippen molar-refractivity contribution in [2.75, 3.05) is 52.6 Å². The Labute approximate surface area is 195 Å². The molecule has 186 valence electrons. The Balaban J connectivity index is 2.34. The van der Waals surface area contributed by atoms with Gasteiger partial charge in [-0.05, 0) is 46.0 Å². The molecule has 2 unspecified atom stereocenters. The average Bonchev–Trinajstić information content (AvgIpc) is 3.35. The Morgan fingerprint density at radius 1 is 0.606 bits per heavy atom. The molecule has 0 heterocycles. The summed E-state index contributed by atoms with van der Waals surface area (Å²) in [5.41, 5.74) is 0. The summed E-state index contributed by atoms with van der Waals surface area (Å²) >= 11 is 0. The van der Waals surface area contributed by atoms with Crippen molar-refractivity contribution in [1.29, 1.82) is 0 Å². The Kier molecular flexibility index (Phi) is 10.8. The summed E-state index contributed by atoms with van der Waals surface area (Å²) in [6, 6.07) is -0.588. The first-order valence-corrected chi connectivity index (χ1v) is 11.6. The Morgan fingerprint density at radius 2 is 0.879 bits per heavy atom. The van der Waals surface area contributed by atoms with Gasteiger partial charge in [0, 0.05) is 12.1 Å². The molecule has 1 fully saturated rings. The van der Waals surface area contributed by atoms with E-state index in [2.05, 4.69) is 12.2 Å². The Hall–Kier alpha value is -2.46. The first-order valence-electron chi connectivity index (χ1n) is 11.6. The van der Waals surface area contributed by atoms with Crippen LogP contribution in [-0.4, -0.2) is 98.4 Å². The largest absolute Gasteiger partial charge is 0.465 e. The zero-order valence-electron chi connectivity index (χ0n) is 20.0. The molecule has 0 saturated heterocycles. The van der Waals surface area contributed by atoms with Gasteiger partial charge in [-0.1, -0.05) is 12.2 Å². The van der Waals surface area contributed by atoms with E-state index in [-0.39, 0.29) is 76.5 Å². The maximum Gasteiger partial charge on any atom is 0.320 e. The molecule has 1 saturated carbocycles. The van der Waals surface area contributed by atoms with Crippen molar-refractivity contribution in [3.05, 3.63) is 12.2 Å². The summed E-state index contributed by atoms with van der Waals surface area (Å²) in [6.07, 6.45) is 4.93. The number of ether oxygens (including phenoxy) is 4. The highest BCUT2D eigenvalue weighted by atomic mass is 16.5. The van der Waals surface area contributed by atoms with E-state index in [0.717, 1.165) is 6.42 Å². The van der Waals surface area contributed by atoms with Crippen molar-refractivity contribution < 1.29 is 38.1 Å². The number of nitrogens with zero attached hydrogens (tertiary/aromatic N) is 2. The molecule has 2 rings (SSSR count). The Morgan fingerprint density at radius 3 is 1.12 bits per heavy atom. The number of carbonyl (C=O) groups is 4. The van der Waals surface area contributed by atoms with Crippen molar-refractivity contribution in [2.24, 2.45) is 11.8 Å². The van der Waals surface area contributed by atoms with Crippen LogP contribution in [0.25, 0.3) is 0 Å². The molecule has 2 bridgehead atoms. The van der Waals surface area contributed by atoms with E-state index >= 15 is 0 Å². The van der Waals surface area contributed by atoms with E-state index in [4.69, 9.17) is 18.9 Å². The van der Waals surface area contributed by atoms with Crippen molar-refractivity contribution in [3.8, 4) is 0 Å². The van der Waals surface area contributed by atoms with Crippen LogP contribution >= 0.6 is 0 Å². The monoisotopic (exact) mass is 468 g/mol. The Bertz CT molecular complexity index is 627. The van der Waals surface area contributed by atoms with Gasteiger partial charge in [0.25, 0.3) is 0 Å². The van der Waals surface area contributed by atoms with Gasteiger partial charge < -0.3 is 18.9 Å². The summed E-state index contributed by atoms with van der Waals surface area (Å²) in [6.45, 7) is 7.38. The number of carbonyl (C=O) groups excluding carboxylic acids is 4. The van der Waals surface area contributed by atoms with Gasteiger partial charge in [-0.25, -0.2) is 0 Å². The number of esters is 4. The van der Waals surface area contributed by atoms with Gasteiger partial charge in [0.1, 0.15) is 0 Å². The van der Waals surface area contributed by atoms with Crippen LogP contribution in [0.4, 0.5) is 0 Å². The van der Waals surface area contributed by atoms with Gasteiger partial charge >= 0.3 is 23.9 Å². The van der Waals surface area contributed by atoms with Crippen LogP contribution in [0, 0.1) is 11.8 Å². The summed E-state index contributed by atoms with van der Waals surface area (Å²) < 4.78 is 20.5. The molecule has 4 atom stereocenters. The lowest BCUT2D eigenvalue weighted by molar-refractivity contribution is -0.154. The highest BCUT2D eigenvalue weighted by molar-refractivity contribution is 5.76. The topological polar surface area (TPSA) is 112 Å². The predicted molar refractivity (Wildman–Crippen MR) is 118 cm³/mol. The highest BCUT2D eigenvalue weighted by Crippen LogP contribution is 2.44. The zero-order chi connectivity index (χ0) is 24.4. The number of hydrogen-bond donors (Lipinski definition) is 0. The molecule has 0 aliphatic heterocycles. The van der Waals surface area contributed by atoms with Gasteiger partial charge in [0.15, 0.2) is 0 Å². The lowest BCUT2D eigenvalue weighted by atomic mass is 9.92. The fraction of sp³-hybridized carbons (Fsp3) is 0.739. The van der Waals surface area contributed by atoms with Crippen LogP contribution in [0.3, 0.4) is 0 Å². The molecule has 10 nitrogen and oxygen atoms in total. The number of hydrogen-bond acceptors (Lipinski definition) is 10. The van der Waals surface area contributed by atoms with Gasteiger partial charge in [-0.15, -0.1) is 0 Å². The molecule has 33 heavy (non-hydrogen) atoms. The minimum Gasteiger partial charge on any atom is -0.465 e. The minimum absolute atomic E-state index is 0.0516. The van der Waals surface area contributed by atoms with Crippen molar-refractivity contribution in [1.82, 2.24) is 9.80 Å². The van der Waals surface area contributed by atoms with Crippen LogP contribution in [-0.2, 0) is 38.1 Å². The first-order chi connectivity index (χ1) is 15.8. The second-order valence-electron chi connectivity index (χ2n) is 7.96. The van der Waals surface area contributed by atoms with Crippen LogP contribution in [0.2, 0.25) is 0 Å². The first kappa shape index (κ1) is 26.8. The molecular formula is C23H36N2O8. The molecule has 0 aromatic heterocycles. The minimum atomic E-state index is -0.449. The molecule has 0 N–H and O–H groups in total. The third kappa shape index (κ3) is 7.53. The third-order valence-electron chi connectivity index (χ3n) is 5.77. The summed E-state index contributed by atoms with van der Waals surface area (Å²) in [7, 11) is 0. The third-order valence-corrected chi connectivity index (χ3v) is 5.77. The fourth-order valence-electron chi connectivity index (χ4n) is 4.77. The second kappa shape index (κ2) is 13.3. The fourth-order valence-corrected chi connectivity index (χ4v) is 4.77. The quantitative estimate of drug-likeness (QED) is 0.206. The normalized spacial score (nSPS) is 23.1. The predicted octanol–water partition coefficient (Wildman–Crippen LogP) is 0.786. The SMILES string of the molecule is CCOC(=O)CN(CC(=O)OCC)C1C(N(CC(=O)OCC)CC(=O)OCC)[C@H]2C=C[C@@H]1C2. The maximum atomic E-state index is 12.4. The molecule has 0 aromatic rings. The molecule has 2 aliphatic carbocycles. The molecule has 0 spiro atoms. The summed E-state index contributed by atoms with van der Waals surface area (Å²) in [5.74, 6) is -1.69. The highest BCUT2D eigenvalue weighted by Gasteiger charge is 2.51. The molecule has 0 radical (unpaired) electrons. The maximum absolute atomic E-state index is 12.4. The zero-order valence-corrected chi connectivity index (χ0v) is 20.0. The number of rotatable bonds is 14. The van der Waals surface area contributed by atoms with Gasteiger partial charge in [-0.2, -0.15) is 0 Å². The average molecular weight is 469 g/mol. The molecule has 2 aliphatic rings. The molecular weight excluding hydrogens is 432 g/mol. The van der Waals surface area contributed by atoms with Gasteiger partial charge in [0.05, 0.1) is 52.6 Å². The molecule has 0 aromatic carbocycles. The van der Waals surface area contributed by atoms with Crippen molar-refractivity contribution in [3.63, 3.8) is 0 Å². The lowest BCUT2D eigenvalue weighted by Crippen LogP contribution is -2.58. The summed E-state index contributed by atoms with van der Waals surface area (Å²) in [5, 5.41) is 0. The standard InChI is InChI=1S/C23H36N2O8/c1-5-30-18(26)12-24(13-19(27)31-6-2)22-16-9-10-17(11-16)23(22)25(14-20(28)32-7-3)15-21(29)33-8-4/h9-10,16-17,22-23H,5-8,11-15H2,1-4H3/t16-,17+,22?,23?. The number of fused-ring (bicyclic) bond motifs is 2. The smallest absolute Gasteiger partial charge is 0.320 e. The van der Waals surface area contributed by atoms with Crippen molar-refractivity contribution in [2.45, 2.75) is 46.2 Å². The molecule has 10 heteroatoms. The van der Waals surface area contributed by atoms with E-state index in [1.54, 1.807) is 37.5 Å². The van der Waals surface area contributed by atoms with Gasteiger partial charge in [0.2, 0.25) is 0 Å². The van der Waals surface area contributed by atoms with E-state index in [1.807, 2.05) is 0 Å². The van der Waals surface area contributed by atoms with Crippen LogP contribution in [0.5, 0.6) is 0 Å². The summed E-state index contributed by atoms with van der Waals surface area (Å²) in [4.78, 5) is 52.9. The van der Waals surface area contributed by atoms with E-state index in [1.165, 1.54) is 0 Å². The van der Waals surface area contributed by atoms with Gasteiger partial charge in [-0.3, -0.25) is 29.0 Å².